The van der Waals surface area contributed by atoms with E-state index in [1.165, 1.54) is 161 Å². The van der Waals surface area contributed by atoms with Gasteiger partial charge in [0.25, 0.3) is 0 Å². The molecule has 0 aromatic carbocycles. The number of ether oxygens (including phenoxy) is 6. The van der Waals surface area contributed by atoms with Crippen LogP contribution >= 0.6 is 0 Å². The first-order valence-corrected chi connectivity index (χ1v) is 28.9. The van der Waals surface area contributed by atoms with Crippen LogP contribution in [0.5, 0.6) is 0 Å². The molecule has 0 radical (unpaired) electrons. The molecule has 0 amide bonds. The van der Waals surface area contributed by atoms with Gasteiger partial charge in [0.15, 0.2) is 12.6 Å². The summed E-state index contributed by atoms with van der Waals surface area (Å²) in [7, 11) is 0. The molecular weight excluding hydrogens is 909 g/mol. The maximum absolute atomic E-state index is 13.0. The zero-order valence-electron chi connectivity index (χ0n) is 44.7. The fraction of sp³-hybridized carbons (Fsp3) is 0.912. The fourth-order valence-electron chi connectivity index (χ4n) is 9.26. The van der Waals surface area contributed by atoms with Gasteiger partial charge in [-0.05, 0) is 44.9 Å². The molecule has 2 rings (SSSR count). The molecule has 7 N–H and O–H groups in total. The Balaban J connectivity index is 1.68. The van der Waals surface area contributed by atoms with Crippen molar-refractivity contribution in [2.24, 2.45) is 0 Å². The van der Waals surface area contributed by atoms with Crippen molar-refractivity contribution < 1.29 is 69.0 Å². The highest BCUT2D eigenvalue weighted by molar-refractivity contribution is 5.69. The van der Waals surface area contributed by atoms with E-state index in [1.54, 1.807) is 0 Å². The van der Waals surface area contributed by atoms with Gasteiger partial charge in [-0.15, -0.1) is 0 Å². The third kappa shape index (κ3) is 31.8. The SMILES string of the molecule is CCCCCCC/C=C\C/C=C\CCCCCCCCCCCCCCOCC(COC1OC(COC2OC(CO)C(O)C(O)C2O)C(O)C(O)C1O)OC(=O)CCCCCCCCCCCCCCC. The zero-order chi connectivity index (χ0) is 51.6. The van der Waals surface area contributed by atoms with Crippen molar-refractivity contribution in [1.29, 1.82) is 0 Å². The Morgan fingerprint density at radius 1 is 0.465 bits per heavy atom. The Morgan fingerprint density at radius 2 is 0.873 bits per heavy atom. The minimum atomic E-state index is -1.70. The second-order valence-corrected chi connectivity index (χ2v) is 20.5. The van der Waals surface area contributed by atoms with Crippen molar-refractivity contribution in [3.63, 3.8) is 0 Å². The molecule has 71 heavy (non-hydrogen) atoms. The number of aliphatic hydroxyl groups excluding tert-OH is 7. The highest BCUT2D eigenvalue weighted by atomic mass is 16.7. The summed E-state index contributed by atoms with van der Waals surface area (Å²) >= 11 is 0. The first-order valence-electron chi connectivity index (χ1n) is 28.9. The summed E-state index contributed by atoms with van der Waals surface area (Å²) in [6.07, 6.45) is 33.8. The second kappa shape index (κ2) is 44.7. The number of esters is 1. The fourth-order valence-corrected chi connectivity index (χ4v) is 9.26. The van der Waals surface area contributed by atoms with E-state index in [0.717, 1.165) is 44.9 Å². The number of carbonyl (C=O) groups is 1. The largest absolute Gasteiger partial charge is 0.457 e. The Labute approximate surface area is 430 Å². The molecule has 418 valence electrons. The zero-order valence-corrected chi connectivity index (χ0v) is 44.7. The number of unbranched alkanes of at least 4 members (excludes halogenated alkanes) is 29. The molecule has 11 atom stereocenters. The highest BCUT2D eigenvalue weighted by Crippen LogP contribution is 2.27. The summed E-state index contributed by atoms with van der Waals surface area (Å²) in [4.78, 5) is 13.0. The normalized spacial score (nSPS) is 25.4. The topological polar surface area (TPSA) is 214 Å². The molecule has 2 fully saturated rings. The third-order valence-electron chi connectivity index (χ3n) is 14.0. The maximum Gasteiger partial charge on any atom is 0.306 e. The monoisotopic (exact) mass is 1010 g/mol. The van der Waals surface area contributed by atoms with E-state index in [4.69, 9.17) is 28.4 Å². The van der Waals surface area contributed by atoms with Crippen molar-refractivity contribution in [3.05, 3.63) is 24.3 Å². The first-order chi connectivity index (χ1) is 34.6. The summed E-state index contributed by atoms with van der Waals surface area (Å²) in [5.41, 5.74) is 0. The van der Waals surface area contributed by atoms with Crippen molar-refractivity contribution in [2.45, 2.75) is 300 Å². The standard InChI is InChI=1S/C57H106O14/c1-3-5-7-9-11-13-15-17-18-19-20-21-22-23-24-25-26-27-29-31-33-35-37-39-41-66-43-46(69-49(59)40-38-36-34-32-30-28-16-14-12-10-8-6-4-2)44-67-56-55(65)53(63)51(61)48(71-56)45-68-57-54(64)52(62)50(60)47(42-58)70-57/h15,17,19-20,46-48,50-58,60-65H,3-14,16,18,21-45H2,1-2H3/b17-15-,20-19-. The number of carbonyl (C=O) groups excluding carboxylic acids is 1. The molecular formula is C57H106O14. The molecule has 2 heterocycles. The van der Waals surface area contributed by atoms with Crippen LogP contribution in [0, 0.1) is 0 Å². The van der Waals surface area contributed by atoms with E-state index in [-0.39, 0.29) is 25.6 Å². The van der Waals surface area contributed by atoms with Gasteiger partial charge in [-0.3, -0.25) is 4.79 Å². The number of aliphatic hydroxyl groups is 7. The van der Waals surface area contributed by atoms with E-state index in [2.05, 4.69) is 38.2 Å². The predicted molar refractivity (Wildman–Crippen MR) is 280 cm³/mol. The van der Waals surface area contributed by atoms with Crippen LogP contribution in [0.1, 0.15) is 232 Å². The Morgan fingerprint density at radius 3 is 1.35 bits per heavy atom. The summed E-state index contributed by atoms with van der Waals surface area (Å²) in [6, 6.07) is 0. The van der Waals surface area contributed by atoms with Gasteiger partial charge in [0.05, 0.1) is 26.4 Å². The van der Waals surface area contributed by atoms with Gasteiger partial charge in [-0.25, -0.2) is 0 Å². The molecule has 0 spiro atoms. The molecule has 14 heteroatoms. The Hall–Kier alpha value is -1.53. The molecule has 14 nitrogen and oxygen atoms in total. The van der Waals surface area contributed by atoms with Crippen LogP contribution in [-0.2, 0) is 33.2 Å². The van der Waals surface area contributed by atoms with Crippen molar-refractivity contribution in [1.82, 2.24) is 0 Å². The van der Waals surface area contributed by atoms with Crippen molar-refractivity contribution in [3.8, 4) is 0 Å². The smallest absolute Gasteiger partial charge is 0.306 e. The van der Waals surface area contributed by atoms with Crippen LogP contribution in [0.15, 0.2) is 24.3 Å². The Kier molecular flexibility index (Phi) is 41.3. The molecule has 0 saturated carbocycles. The minimum Gasteiger partial charge on any atom is -0.457 e. The molecule has 0 aliphatic carbocycles. The van der Waals surface area contributed by atoms with Crippen LogP contribution in [0.25, 0.3) is 0 Å². The summed E-state index contributed by atoms with van der Waals surface area (Å²) in [5.74, 6) is -0.373. The highest BCUT2D eigenvalue weighted by Gasteiger charge is 2.47. The van der Waals surface area contributed by atoms with Gasteiger partial charge in [0.1, 0.15) is 54.9 Å². The molecule has 2 aliphatic rings. The number of allylic oxidation sites excluding steroid dienone is 4. The number of hydrogen-bond donors (Lipinski definition) is 7. The summed E-state index contributed by atoms with van der Waals surface area (Å²) in [5, 5.41) is 72.3. The predicted octanol–water partition coefficient (Wildman–Crippen LogP) is 9.97. The van der Waals surface area contributed by atoms with Crippen LogP contribution in [-0.4, -0.2) is 142 Å². The summed E-state index contributed by atoms with van der Waals surface area (Å²) in [6.45, 7) is 3.71. The molecule has 2 saturated heterocycles. The van der Waals surface area contributed by atoms with E-state index in [0.29, 0.717) is 13.0 Å². The van der Waals surface area contributed by atoms with Crippen LogP contribution in [0.4, 0.5) is 0 Å². The molecule has 0 aromatic rings. The van der Waals surface area contributed by atoms with Gasteiger partial charge in [-0.1, -0.05) is 205 Å². The second-order valence-electron chi connectivity index (χ2n) is 20.5. The van der Waals surface area contributed by atoms with Gasteiger partial charge in [0.2, 0.25) is 0 Å². The lowest BCUT2D eigenvalue weighted by molar-refractivity contribution is -0.332. The maximum atomic E-state index is 13.0. The van der Waals surface area contributed by atoms with Crippen LogP contribution in [0.2, 0.25) is 0 Å². The van der Waals surface area contributed by atoms with E-state index in [9.17, 15) is 40.5 Å². The molecule has 0 bridgehead atoms. The van der Waals surface area contributed by atoms with E-state index < -0.39 is 80.7 Å². The minimum absolute atomic E-state index is 0.0651. The molecule has 2 aliphatic heterocycles. The Bertz CT molecular complexity index is 1270. The van der Waals surface area contributed by atoms with Gasteiger partial charge in [-0.2, -0.15) is 0 Å². The lowest BCUT2D eigenvalue weighted by Gasteiger charge is -2.42. The summed E-state index contributed by atoms with van der Waals surface area (Å²) < 4.78 is 34.4. The van der Waals surface area contributed by atoms with Crippen molar-refractivity contribution in [2.75, 3.05) is 33.0 Å². The van der Waals surface area contributed by atoms with Gasteiger partial charge in [0, 0.05) is 13.0 Å². The number of rotatable bonds is 47. The van der Waals surface area contributed by atoms with Crippen LogP contribution < -0.4 is 0 Å². The lowest BCUT2D eigenvalue weighted by Crippen LogP contribution is -2.61. The van der Waals surface area contributed by atoms with E-state index >= 15 is 0 Å². The first kappa shape index (κ1) is 65.6. The number of hydrogen-bond acceptors (Lipinski definition) is 14. The quantitative estimate of drug-likeness (QED) is 0.0172. The van der Waals surface area contributed by atoms with Gasteiger partial charge < -0.3 is 64.2 Å². The molecule has 0 aromatic heterocycles. The van der Waals surface area contributed by atoms with E-state index in [1.807, 2.05) is 0 Å². The van der Waals surface area contributed by atoms with Crippen LogP contribution in [0.3, 0.4) is 0 Å². The average molecular weight is 1020 g/mol. The van der Waals surface area contributed by atoms with Gasteiger partial charge >= 0.3 is 5.97 Å². The molecule has 11 unspecified atom stereocenters. The van der Waals surface area contributed by atoms with Crippen molar-refractivity contribution >= 4 is 5.97 Å². The average Bonchev–Trinajstić information content (AvgIpc) is 3.37. The third-order valence-corrected chi connectivity index (χ3v) is 14.0. The lowest BCUT2D eigenvalue weighted by atomic mass is 9.98.